The maximum atomic E-state index is 12.3. The molecule has 0 N–H and O–H groups in total. The van der Waals surface area contributed by atoms with Gasteiger partial charge in [-0.15, -0.1) is 0 Å². The Balaban J connectivity index is 2.54. The Bertz CT molecular complexity index is 421. The lowest BCUT2D eigenvalue weighted by Gasteiger charge is -2.14. The second-order valence-corrected chi connectivity index (χ2v) is 5.73. The van der Waals surface area contributed by atoms with Crippen LogP contribution < -0.4 is 0 Å². The number of ether oxygens (including phenoxy) is 1. The van der Waals surface area contributed by atoms with Gasteiger partial charge in [-0.2, -0.15) is 0 Å². The molecular formula is C17H26O2. The summed E-state index contributed by atoms with van der Waals surface area (Å²) in [4.78, 5) is 12.3. The Morgan fingerprint density at radius 3 is 2.53 bits per heavy atom. The number of carbonyl (C=O) groups is 1. The van der Waals surface area contributed by atoms with Crippen LogP contribution in [0.15, 0.2) is 18.2 Å². The summed E-state index contributed by atoms with van der Waals surface area (Å²) < 4.78 is 5.65. The minimum Gasteiger partial charge on any atom is -0.370 e. The van der Waals surface area contributed by atoms with E-state index in [9.17, 15) is 4.79 Å². The Kier molecular flexibility index (Phi) is 6.23. The quantitative estimate of drug-likeness (QED) is 0.540. The summed E-state index contributed by atoms with van der Waals surface area (Å²) >= 11 is 0. The van der Waals surface area contributed by atoms with Gasteiger partial charge in [0.25, 0.3) is 0 Å². The fraction of sp³-hybridized carbons (Fsp3) is 0.588. The molecule has 0 saturated heterocycles. The fourth-order valence-corrected chi connectivity index (χ4v) is 2.05. The zero-order chi connectivity index (χ0) is 14.4. The second-order valence-electron chi connectivity index (χ2n) is 5.73. The molecular weight excluding hydrogens is 236 g/mol. The smallest absolute Gasteiger partial charge is 0.191 e. The van der Waals surface area contributed by atoms with Crippen molar-refractivity contribution in [1.29, 1.82) is 0 Å². The van der Waals surface area contributed by atoms with Gasteiger partial charge in [0, 0.05) is 12.2 Å². The van der Waals surface area contributed by atoms with E-state index in [0.29, 0.717) is 12.5 Å². The Labute approximate surface area is 117 Å². The molecule has 106 valence electrons. The number of aryl methyl sites for hydroxylation is 2. The Hall–Kier alpha value is -1.15. The minimum absolute atomic E-state index is 0.0887. The summed E-state index contributed by atoms with van der Waals surface area (Å²) in [5.74, 6) is 0.777. The van der Waals surface area contributed by atoms with Crippen LogP contribution in [-0.2, 0) is 4.74 Å². The summed E-state index contributed by atoms with van der Waals surface area (Å²) in [5.41, 5.74) is 2.92. The molecule has 1 aromatic carbocycles. The van der Waals surface area contributed by atoms with Crippen LogP contribution in [0.4, 0.5) is 0 Å². The number of hydrogen-bond donors (Lipinski definition) is 0. The van der Waals surface area contributed by atoms with Gasteiger partial charge in [-0.05, 0) is 51.2 Å². The highest BCUT2D eigenvalue weighted by Crippen LogP contribution is 2.14. The van der Waals surface area contributed by atoms with Crippen molar-refractivity contribution in [2.75, 3.05) is 6.61 Å². The summed E-state index contributed by atoms with van der Waals surface area (Å²) in [5, 5.41) is 0. The van der Waals surface area contributed by atoms with Crippen molar-refractivity contribution in [3.8, 4) is 0 Å². The van der Waals surface area contributed by atoms with Gasteiger partial charge in [-0.3, -0.25) is 4.79 Å². The van der Waals surface area contributed by atoms with Crippen molar-refractivity contribution in [2.45, 2.75) is 53.6 Å². The van der Waals surface area contributed by atoms with E-state index in [0.717, 1.165) is 29.5 Å². The molecule has 0 saturated carbocycles. The molecule has 1 atom stereocenters. The summed E-state index contributed by atoms with van der Waals surface area (Å²) in [6, 6.07) is 5.97. The number of hydrogen-bond acceptors (Lipinski definition) is 2. The average Bonchev–Trinajstić information content (AvgIpc) is 2.36. The predicted octanol–water partition coefficient (Wildman–Crippen LogP) is 4.33. The Morgan fingerprint density at radius 1 is 1.21 bits per heavy atom. The zero-order valence-corrected chi connectivity index (χ0v) is 12.8. The van der Waals surface area contributed by atoms with Gasteiger partial charge in [0.05, 0.1) is 0 Å². The average molecular weight is 262 g/mol. The second kappa shape index (κ2) is 7.44. The largest absolute Gasteiger partial charge is 0.370 e. The van der Waals surface area contributed by atoms with Gasteiger partial charge in [0.1, 0.15) is 6.10 Å². The first kappa shape index (κ1) is 15.9. The number of ketones is 1. The number of carbonyl (C=O) groups excluding carboxylic acids is 1. The van der Waals surface area contributed by atoms with Gasteiger partial charge < -0.3 is 4.74 Å². The lowest BCUT2D eigenvalue weighted by atomic mass is 9.99. The maximum absolute atomic E-state index is 12.3. The normalized spacial score (nSPS) is 12.7. The van der Waals surface area contributed by atoms with Crippen molar-refractivity contribution in [3.63, 3.8) is 0 Å². The van der Waals surface area contributed by atoms with Crippen molar-refractivity contribution in [3.05, 3.63) is 34.9 Å². The molecule has 0 aliphatic carbocycles. The van der Waals surface area contributed by atoms with Crippen molar-refractivity contribution in [1.82, 2.24) is 0 Å². The van der Waals surface area contributed by atoms with E-state index in [1.165, 1.54) is 0 Å². The predicted molar refractivity (Wildman–Crippen MR) is 79.7 cm³/mol. The molecule has 0 aliphatic heterocycles. The molecule has 2 heteroatoms. The van der Waals surface area contributed by atoms with Crippen LogP contribution >= 0.6 is 0 Å². The molecule has 0 amide bonds. The van der Waals surface area contributed by atoms with Crippen LogP contribution in [0.1, 0.15) is 55.1 Å². The lowest BCUT2D eigenvalue weighted by molar-refractivity contribution is 0.0458. The number of benzene rings is 1. The van der Waals surface area contributed by atoms with E-state index in [1.807, 2.05) is 39.0 Å². The molecule has 19 heavy (non-hydrogen) atoms. The van der Waals surface area contributed by atoms with Crippen LogP contribution in [0.3, 0.4) is 0 Å². The molecule has 0 aromatic heterocycles. The molecule has 0 spiro atoms. The van der Waals surface area contributed by atoms with E-state index >= 15 is 0 Å². The van der Waals surface area contributed by atoms with E-state index in [1.54, 1.807) is 0 Å². The van der Waals surface area contributed by atoms with Crippen molar-refractivity contribution in [2.24, 2.45) is 5.92 Å². The molecule has 1 rings (SSSR count). The molecule has 1 aromatic rings. The van der Waals surface area contributed by atoms with Crippen LogP contribution in [0.2, 0.25) is 0 Å². The Morgan fingerprint density at radius 2 is 1.89 bits per heavy atom. The summed E-state index contributed by atoms with van der Waals surface area (Å²) in [6.45, 7) is 10.9. The SMILES string of the molecule is Cc1ccc(C)c(C(=O)C(C)OCCCC(C)C)c1. The molecule has 0 bridgehead atoms. The van der Waals surface area contributed by atoms with Gasteiger partial charge in [-0.1, -0.05) is 31.5 Å². The highest BCUT2D eigenvalue weighted by molar-refractivity contribution is 6.00. The monoisotopic (exact) mass is 262 g/mol. The molecule has 0 fully saturated rings. The molecule has 0 aliphatic rings. The van der Waals surface area contributed by atoms with Crippen LogP contribution in [-0.4, -0.2) is 18.5 Å². The van der Waals surface area contributed by atoms with Gasteiger partial charge in [0.15, 0.2) is 5.78 Å². The number of rotatable bonds is 7. The van der Waals surface area contributed by atoms with Crippen molar-refractivity contribution >= 4 is 5.78 Å². The summed E-state index contributed by atoms with van der Waals surface area (Å²) in [6.07, 6.45) is 1.81. The maximum Gasteiger partial charge on any atom is 0.191 e. The third-order valence-corrected chi connectivity index (χ3v) is 3.32. The van der Waals surface area contributed by atoms with Crippen LogP contribution in [0.25, 0.3) is 0 Å². The van der Waals surface area contributed by atoms with E-state index in [2.05, 4.69) is 13.8 Å². The van der Waals surface area contributed by atoms with E-state index in [-0.39, 0.29) is 11.9 Å². The highest BCUT2D eigenvalue weighted by Gasteiger charge is 2.17. The lowest BCUT2D eigenvalue weighted by Crippen LogP contribution is -2.22. The first-order chi connectivity index (χ1) is 8.91. The van der Waals surface area contributed by atoms with Crippen LogP contribution in [0.5, 0.6) is 0 Å². The van der Waals surface area contributed by atoms with Gasteiger partial charge in [-0.25, -0.2) is 0 Å². The van der Waals surface area contributed by atoms with E-state index < -0.39 is 0 Å². The summed E-state index contributed by atoms with van der Waals surface area (Å²) in [7, 11) is 0. The standard InChI is InChI=1S/C17H26O2/c1-12(2)7-6-10-19-15(5)17(18)16-11-13(3)8-9-14(16)4/h8-9,11-12,15H,6-7,10H2,1-5H3. The first-order valence-electron chi connectivity index (χ1n) is 7.15. The zero-order valence-electron chi connectivity index (χ0n) is 12.8. The van der Waals surface area contributed by atoms with Gasteiger partial charge >= 0.3 is 0 Å². The van der Waals surface area contributed by atoms with Crippen LogP contribution in [0, 0.1) is 19.8 Å². The highest BCUT2D eigenvalue weighted by atomic mass is 16.5. The van der Waals surface area contributed by atoms with Gasteiger partial charge in [0.2, 0.25) is 0 Å². The molecule has 0 heterocycles. The fourth-order valence-electron chi connectivity index (χ4n) is 2.05. The first-order valence-corrected chi connectivity index (χ1v) is 7.15. The third-order valence-electron chi connectivity index (χ3n) is 3.32. The topological polar surface area (TPSA) is 26.3 Å². The molecule has 2 nitrogen and oxygen atoms in total. The number of Topliss-reactive ketones (excluding diaryl/α,β-unsaturated/α-hetero) is 1. The molecule has 0 radical (unpaired) electrons. The van der Waals surface area contributed by atoms with E-state index in [4.69, 9.17) is 4.74 Å². The third kappa shape index (κ3) is 5.15. The molecule has 1 unspecified atom stereocenters. The van der Waals surface area contributed by atoms with Crippen molar-refractivity contribution < 1.29 is 9.53 Å². The minimum atomic E-state index is -0.354.